The normalized spacial score (nSPS) is 14.2. The highest BCUT2D eigenvalue weighted by Gasteiger charge is 2.26. The average Bonchev–Trinajstić information content (AvgIpc) is 3.45. The zero-order valence-corrected chi connectivity index (χ0v) is 19.0. The summed E-state index contributed by atoms with van der Waals surface area (Å²) in [4.78, 5) is 26.5. The molecule has 0 aliphatic carbocycles. The highest BCUT2D eigenvalue weighted by atomic mass is 16.6. The van der Waals surface area contributed by atoms with Crippen molar-refractivity contribution in [3.63, 3.8) is 0 Å². The molecular weight excluding hydrogens is 462 g/mol. The van der Waals surface area contributed by atoms with E-state index >= 15 is 0 Å². The molecule has 0 spiro atoms. The van der Waals surface area contributed by atoms with Gasteiger partial charge in [-0.05, 0) is 22.4 Å². The third-order valence-electron chi connectivity index (χ3n) is 5.00. The number of methoxy groups -OCH3 is 1. The predicted octanol–water partition coefficient (Wildman–Crippen LogP) is -0.238. The molecular formula is C20H23N9O6. The van der Waals surface area contributed by atoms with Gasteiger partial charge in [-0.3, -0.25) is 14.5 Å². The Hall–Kier alpha value is -4.37. The van der Waals surface area contributed by atoms with Crippen LogP contribution in [0, 0.1) is 0 Å². The molecule has 0 bridgehead atoms. The number of esters is 1. The molecule has 1 fully saturated rings. The second-order valence-electron chi connectivity index (χ2n) is 7.33. The lowest BCUT2D eigenvalue weighted by atomic mass is 10.2. The van der Waals surface area contributed by atoms with Crippen molar-refractivity contribution in [2.75, 3.05) is 39.1 Å². The fourth-order valence-electron chi connectivity index (χ4n) is 3.36. The van der Waals surface area contributed by atoms with Crippen molar-refractivity contribution < 1.29 is 28.4 Å². The number of ether oxygens (including phenoxy) is 3. The van der Waals surface area contributed by atoms with Gasteiger partial charge in [0.05, 0.1) is 32.2 Å². The number of morpholine rings is 1. The first-order chi connectivity index (χ1) is 17.0. The molecule has 15 nitrogen and oxygen atoms in total. The smallest absolute Gasteiger partial charge is 0.308 e. The third-order valence-corrected chi connectivity index (χ3v) is 5.00. The second-order valence-corrected chi connectivity index (χ2v) is 7.33. The zero-order valence-electron chi connectivity index (χ0n) is 19.0. The molecule has 0 unspecified atom stereocenters. The minimum atomic E-state index is -0.622. The van der Waals surface area contributed by atoms with Crippen LogP contribution in [-0.2, 0) is 16.1 Å². The van der Waals surface area contributed by atoms with E-state index in [9.17, 15) is 9.59 Å². The van der Waals surface area contributed by atoms with Gasteiger partial charge in [0.1, 0.15) is 0 Å². The molecule has 35 heavy (non-hydrogen) atoms. The van der Waals surface area contributed by atoms with E-state index in [0.717, 1.165) is 0 Å². The van der Waals surface area contributed by atoms with Gasteiger partial charge in [-0.15, -0.1) is 5.10 Å². The number of hydrazone groups is 1. The molecule has 1 amide bonds. The Morgan fingerprint density at radius 3 is 2.77 bits per heavy atom. The van der Waals surface area contributed by atoms with Crippen molar-refractivity contribution in [3.8, 4) is 17.3 Å². The number of nitrogens with two attached hydrogens (primary N) is 1. The molecule has 3 heterocycles. The Balaban J connectivity index is 1.58. The van der Waals surface area contributed by atoms with E-state index in [1.165, 1.54) is 24.9 Å². The summed E-state index contributed by atoms with van der Waals surface area (Å²) in [5.41, 5.74) is 9.08. The van der Waals surface area contributed by atoms with Crippen LogP contribution >= 0.6 is 0 Å². The number of hydrogen-bond donors (Lipinski definition) is 2. The summed E-state index contributed by atoms with van der Waals surface area (Å²) >= 11 is 0. The fourth-order valence-corrected chi connectivity index (χ4v) is 3.36. The van der Waals surface area contributed by atoms with Crippen LogP contribution in [-0.4, -0.2) is 81.7 Å². The summed E-state index contributed by atoms with van der Waals surface area (Å²) < 4.78 is 21.8. The van der Waals surface area contributed by atoms with E-state index in [-0.39, 0.29) is 23.1 Å². The molecule has 3 N–H and O–H groups in total. The summed E-state index contributed by atoms with van der Waals surface area (Å²) in [6.45, 7) is 4.03. The summed E-state index contributed by atoms with van der Waals surface area (Å²) in [6, 6.07) is 4.98. The first-order valence-corrected chi connectivity index (χ1v) is 10.5. The number of para-hydroxylation sites is 1. The van der Waals surface area contributed by atoms with Crippen LogP contribution in [0.1, 0.15) is 28.7 Å². The minimum Gasteiger partial charge on any atom is -0.493 e. The van der Waals surface area contributed by atoms with Gasteiger partial charge in [-0.25, -0.2) is 10.1 Å². The van der Waals surface area contributed by atoms with Crippen molar-refractivity contribution in [3.05, 3.63) is 35.2 Å². The third kappa shape index (κ3) is 5.42. The molecule has 184 valence electrons. The summed E-state index contributed by atoms with van der Waals surface area (Å²) in [5, 5.41) is 19.3. The van der Waals surface area contributed by atoms with Gasteiger partial charge < -0.3 is 19.9 Å². The summed E-state index contributed by atoms with van der Waals surface area (Å²) in [5.74, 6) is -0.523. The van der Waals surface area contributed by atoms with Gasteiger partial charge in [0.15, 0.2) is 17.2 Å². The zero-order chi connectivity index (χ0) is 24.8. The number of rotatable bonds is 8. The standard InChI is InChI=1S/C20H23N9O6/c1-12(30)34-17-13(4-3-5-15(17)32-2)10-22-24-20(31)16-14(11-28-6-8-33-9-7-28)29(27-23-16)19-18(21)25-35-26-19/h3-5,10H,6-9,11H2,1-2H3,(H2,21,25)(H,24,31)/b22-10-. The van der Waals surface area contributed by atoms with Crippen LogP contribution in [0.25, 0.3) is 5.82 Å². The van der Waals surface area contributed by atoms with E-state index in [4.69, 9.17) is 19.9 Å². The van der Waals surface area contributed by atoms with Crippen molar-refractivity contribution in [1.82, 2.24) is 35.6 Å². The van der Waals surface area contributed by atoms with Crippen molar-refractivity contribution in [1.29, 1.82) is 0 Å². The van der Waals surface area contributed by atoms with Gasteiger partial charge in [-0.1, -0.05) is 11.3 Å². The first kappa shape index (κ1) is 23.8. The Bertz CT molecular complexity index is 1230. The molecule has 3 aromatic rings. The maximum absolute atomic E-state index is 13.0. The van der Waals surface area contributed by atoms with E-state index in [2.05, 4.69) is 40.7 Å². The van der Waals surface area contributed by atoms with Crippen molar-refractivity contribution >= 4 is 23.9 Å². The van der Waals surface area contributed by atoms with Crippen LogP contribution in [0.15, 0.2) is 27.9 Å². The number of carbonyl (C=O) groups is 2. The molecule has 2 aromatic heterocycles. The number of anilines is 1. The molecule has 15 heteroatoms. The maximum Gasteiger partial charge on any atom is 0.308 e. The van der Waals surface area contributed by atoms with Crippen molar-refractivity contribution in [2.24, 2.45) is 5.10 Å². The molecule has 1 aliphatic rings. The van der Waals surface area contributed by atoms with Crippen LogP contribution in [0.2, 0.25) is 0 Å². The van der Waals surface area contributed by atoms with Crippen LogP contribution < -0.4 is 20.6 Å². The second kappa shape index (κ2) is 10.7. The molecule has 1 saturated heterocycles. The number of amides is 1. The average molecular weight is 485 g/mol. The van der Waals surface area contributed by atoms with Crippen molar-refractivity contribution in [2.45, 2.75) is 13.5 Å². The predicted molar refractivity (Wildman–Crippen MR) is 119 cm³/mol. The van der Waals surface area contributed by atoms with E-state index in [0.29, 0.717) is 49.9 Å². The topological polar surface area (TPSA) is 185 Å². The molecule has 0 radical (unpaired) electrons. The summed E-state index contributed by atoms with van der Waals surface area (Å²) in [6.07, 6.45) is 1.32. The largest absolute Gasteiger partial charge is 0.493 e. The van der Waals surface area contributed by atoms with Gasteiger partial charge in [0.25, 0.3) is 5.91 Å². The number of nitrogen functional groups attached to an aromatic ring is 1. The summed E-state index contributed by atoms with van der Waals surface area (Å²) in [7, 11) is 1.45. The van der Waals surface area contributed by atoms with E-state index < -0.39 is 11.9 Å². The number of benzene rings is 1. The highest BCUT2D eigenvalue weighted by Crippen LogP contribution is 2.30. The minimum absolute atomic E-state index is 0.000804. The van der Waals surface area contributed by atoms with Crippen LogP contribution in [0.4, 0.5) is 5.82 Å². The number of carbonyl (C=O) groups excluding carboxylic acids is 2. The van der Waals surface area contributed by atoms with Gasteiger partial charge in [-0.2, -0.15) is 9.78 Å². The number of nitrogens with one attached hydrogen (secondary N) is 1. The maximum atomic E-state index is 13.0. The van der Waals surface area contributed by atoms with Gasteiger partial charge in [0, 0.05) is 32.1 Å². The van der Waals surface area contributed by atoms with Crippen LogP contribution in [0.5, 0.6) is 11.5 Å². The lowest BCUT2D eigenvalue weighted by Crippen LogP contribution is -2.37. The number of hydrogen-bond acceptors (Lipinski definition) is 13. The molecule has 0 atom stereocenters. The number of aromatic nitrogens is 5. The number of nitrogens with zero attached hydrogens (tertiary/aromatic N) is 7. The highest BCUT2D eigenvalue weighted by molar-refractivity contribution is 5.94. The van der Waals surface area contributed by atoms with Gasteiger partial charge in [0.2, 0.25) is 11.6 Å². The van der Waals surface area contributed by atoms with E-state index in [1.807, 2.05) is 0 Å². The molecule has 1 aliphatic heterocycles. The first-order valence-electron chi connectivity index (χ1n) is 10.5. The van der Waals surface area contributed by atoms with E-state index in [1.54, 1.807) is 18.2 Å². The monoisotopic (exact) mass is 485 g/mol. The Kier molecular flexibility index (Phi) is 7.27. The Morgan fingerprint density at radius 2 is 2.09 bits per heavy atom. The SMILES string of the molecule is COc1cccc(/C=N\NC(=O)c2nnn(-c3nonc3N)c2CN2CCOCC2)c1OC(C)=O. The molecule has 0 saturated carbocycles. The molecule has 1 aromatic carbocycles. The fraction of sp³-hybridized carbons (Fsp3) is 0.350. The molecule has 4 rings (SSSR count). The lowest BCUT2D eigenvalue weighted by molar-refractivity contribution is -0.132. The lowest BCUT2D eigenvalue weighted by Gasteiger charge is -2.26. The Labute approximate surface area is 198 Å². The quantitative estimate of drug-likeness (QED) is 0.185. The Morgan fingerprint density at radius 1 is 1.29 bits per heavy atom. The van der Waals surface area contributed by atoms with Crippen LogP contribution in [0.3, 0.4) is 0 Å². The van der Waals surface area contributed by atoms with Gasteiger partial charge >= 0.3 is 5.97 Å².